The predicted octanol–water partition coefficient (Wildman–Crippen LogP) is 3.96. The SMILES string of the molecule is Cc1ccc(-c2csc(Nc3cnccn3)n2)cc1C. The third kappa shape index (κ3) is 2.67. The fourth-order valence-corrected chi connectivity index (χ4v) is 2.56. The van der Waals surface area contributed by atoms with Crippen LogP contribution in [0, 0.1) is 13.8 Å². The van der Waals surface area contributed by atoms with E-state index in [0.717, 1.165) is 16.4 Å². The van der Waals surface area contributed by atoms with Crippen LogP contribution < -0.4 is 5.32 Å². The topological polar surface area (TPSA) is 50.7 Å². The van der Waals surface area contributed by atoms with Crippen molar-refractivity contribution in [2.45, 2.75) is 13.8 Å². The molecule has 0 saturated heterocycles. The molecule has 0 aliphatic carbocycles. The molecule has 2 heterocycles. The molecule has 2 aromatic heterocycles. The standard InChI is InChI=1S/C15H14N4S/c1-10-3-4-12(7-11(10)2)13-9-20-15(18-13)19-14-8-16-5-6-17-14/h3-9H,1-2H3,(H,17,18,19). The average molecular weight is 282 g/mol. The summed E-state index contributed by atoms with van der Waals surface area (Å²) in [5.41, 5.74) is 4.68. The minimum absolute atomic E-state index is 0.702. The molecule has 0 saturated carbocycles. The number of benzene rings is 1. The molecule has 20 heavy (non-hydrogen) atoms. The molecule has 100 valence electrons. The first-order valence-electron chi connectivity index (χ1n) is 6.28. The van der Waals surface area contributed by atoms with Gasteiger partial charge in [0.1, 0.15) is 0 Å². The third-order valence-corrected chi connectivity index (χ3v) is 3.86. The van der Waals surface area contributed by atoms with E-state index in [0.29, 0.717) is 5.82 Å². The largest absolute Gasteiger partial charge is 0.315 e. The van der Waals surface area contributed by atoms with Crippen molar-refractivity contribution >= 4 is 22.3 Å². The molecule has 5 heteroatoms. The van der Waals surface area contributed by atoms with Crippen LogP contribution in [0.15, 0.2) is 42.2 Å². The molecule has 0 bridgehead atoms. The molecule has 0 aliphatic rings. The number of hydrogen-bond acceptors (Lipinski definition) is 5. The van der Waals surface area contributed by atoms with E-state index < -0.39 is 0 Å². The van der Waals surface area contributed by atoms with Crippen LogP contribution in [0.25, 0.3) is 11.3 Å². The summed E-state index contributed by atoms with van der Waals surface area (Å²) in [5, 5.41) is 6.02. The first-order valence-corrected chi connectivity index (χ1v) is 7.16. The Morgan fingerprint density at radius 3 is 2.75 bits per heavy atom. The molecule has 1 N–H and O–H groups in total. The molecular formula is C15H14N4S. The van der Waals surface area contributed by atoms with E-state index in [9.17, 15) is 0 Å². The van der Waals surface area contributed by atoms with Crippen LogP contribution in [0.4, 0.5) is 10.9 Å². The second kappa shape index (κ2) is 5.38. The molecule has 0 amide bonds. The van der Waals surface area contributed by atoms with Crippen LogP contribution in [0.5, 0.6) is 0 Å². The second-order valence-corrected chi connectivity index (χ2v) is 5.41. The molecule has 0 atom stereocenters. The Morgan fingerprint density at radius 1 is 1.10 bits per heavy atom. The number of hydrogen-bond donors (Lipinski definition) is 1. The zero-order valence-corrected chi connectivity index (χ0v) is 12.1. The maximum Gasteiger partial charge on any atom is 0.188 e. The van der Waals surface area contributed by atoms with Gasteiger partial charge in [0.05, 0.1) is 11.9 Å². The normalized spacial score (nSPS) is 10.5. The Labute approximate surface area is 121 Å². The summed E-state index contributed by atoms with van der Waals surface area (Å²) in [6, 6.07) is 6.39. The molecule has 1 aromatic carbocycles. The van der Waals surface area contributed by atoms with E-state index in [-0.39, 0.29) is 0 Å². The number of anilines is 2. The van der Waals surface area contributed by atoms with Crippen LogP contribution in [0.3, 0.4) is 0 Å². The molecule has 3 rings (SSSR count). The van der Waals surface area contributed by atoms with Gasteiger partial charge >= 0.3 is 0 Å². The lowest BCUT2D eigenvalue weighted by molar-refractivity contribution is 1.19. The number of thiazole rings is 1. The minimum Gasteiger partial charge on any atom is -0.315 e. The fraction of sp³-hybridized carbons (Fsp3) is 0.133. The molecule has 0 aliphatic heterocycles. The first kappa shape index (κ1) is 12.7. The van der Waals surface area contributed by atoms with Crippen LogP contribution in [-0.4, -0.2) is 15.0 Å². The summed E-state index contributed by atoms with van der Waals surface area (Å²) in [4.78, 5) is 12.8. The highest BCUT2D eigenvalue weighted by atomic mass is 32.1. The van der Waals surface area contributed by atoms with Crippen molar-refractivity contribution in [1.29, 1.82) is 0 Å². The highest BCUT2D eigenvalue weighted by Crippen LogP contribution is 2.27. The zero-order valence-electron chi connectivity index (χ0n) is 11.3. The predicted molar refractivity (Wildman–Crippen MR) is 82.3 cm³/mol. The number of aromatic nitrogens is 3. The number of nitrogens with one attached hydrogen (secondary N) is 1. The van der Waals surface area contributed by atoms with Gasteiger partial charge in [-0.3, -0.25) is 4.98 Å². The van der Waals surface area contributed by atoms with E-state index in [1.54, 1.807) is 29.9 Å². The maximum atomic E-state index is 4.59. The van der Waals surface area contributed by atoms with Crippen molar-refractivity contribution in [1.82, 2.24) is 15.0 Å². The van der Waals surface area contributed by atoms with Gasteiger partial charge in [-0.05, 0) is 31.0 Å². The summed E-state index contributed by atoms with van der Waals surface area (Å²) in [7, 11) is 0. The number of nitrogens with zero attached hydrogens (tertiary/aromatic N) is 3. The van der Waals surface area contributed by atoms with Gasteiger partial charge in [-0.15, -0.1) is 11.3 Å². The van der Waals surface area contributed by atoms with Crippen molar-refractivity contribution in [3.8, 4) is 11.3 Å². The molecule has 0 spiro atoms. The first-order chi connectivity index (χ1) is 9.72. The average Bonchev–Trinajstić information content (AvgIpc) is 2.91. The van der Waals surface area contributed by atoms with Gasteiger partial charge in [0.15, 0.2) is 10.9 Å². The van der Waals surface area contributed by atoms with E-state index in [1.807, 2.05) is 5.38 Å². The van der Waals surface area contributed by atoms with Gasteiger partial charge < -0.3 is 5.32 Å². The molecular weight excluding hydrogens is 268 g/mol. The van der Waals surface area contributed by atoms with Crippen molar-refractivity contribution in [3.63, 3.8) is 0 Å². The van der Waals surface area contributed by atoms with Crippen molar-refractivity contribution < 1.29 is 0 Å². The monoisotopic (exact) mass is 282 g/mol. The Hall–Kier alpha value is -2.27. The van der Waals surface area contributed by atoms with Crippen LogP contribution in [0.1, 0.15) is 11.1 Å². The van der Waals surface area contributed by atoms with Gasteiger partial charge in [0.2, 0.25) is 0 Å². The molecule has 0 radical (unpaired) electrons. The van der Waals surface area contributed by atoms with Gasteiger partial charge in [0, 0.05) is 23.3 Å². The fourth-order valence-electron chi connectivity index (χ4n) is 1.84. The minimum atomic E-state index is 0.702. The lowest BCUT2D eigenvalue weighted by atomic mass is 10.1. The molecule has 0 fully saturated rings. The maximum absolute atomic E-state index is 4.59. The second-order valence-electron chi connectivity index (χ2n) is 4.55. The number of rotatable bonds is 3. The summed E-state index contributed by atoms with van der Waals surface area (Å²) in [6.07, 6.45) is 4.98. The van der Waals surface area contributed by atoms with Crippen molar-refractivity contribution in [2.24, 2.45) is 0 Å². The number of aryl methyl sites for hydroxylation is 2. The lowest BCUT2D eigenvalue weighted by Gasteiger charge is -2.02. The van der Waals surface area contributed by atoms with Crippen molar-refractivity contribution in [2.75, 3.05) is 5.32 Å². The summed E-state index contributed by atoms with van der Waals surface area (Å²) < 4.78 is 0. The lowest BCUT2D eigenvalue weighted by Crippen LogP contribution is -1.93. The Kier molecular flexibility index (Phi) is 3.43. The van der Waals surface area contributed by atoms with E-state index in [2.05, 4.69) is 52.3 Å². The van der Waals surface area contributed by atoms with Gasteiger partial charge in [-0.2, -0.15) is 0 Å². The summed E-state index contributed by atoms with van der Waals surface area (Å²) in [6.45, 7) is 4.23. The van der Waals surface area contributed by atoms with E-state index >= 15 is 0 Å². The smallest absolute Gasteiger partial charge is 0.188 e. The van der Waals surface area contributed by atoms with Crippen LogP contribution >= 0.6 is 11.3 Å². The Morgan fingerprint density at radius 2 is 2.00 bits per heavy atom. The van der Waals surface area contributed by atoms with Gasteiger partial charge in [-0.25, -0.2) is 9.97 Å². The molecule has 4 nitrogen and oxygen atoms in total. The molecule has 0 unspecified atom stereocenters. The Bertz CT molecular complexity index is 722. The summed E-state index contributed by atoms with van der Waals surface area (Å²) in [5.74, 6) is 0.702. The highest BCUT2D eigenvalue weighted by Gasteiger charge is 2.06. The molecule has 3 aromatic rings. The summed E-state index contributed by atoms with van der Waals surface area (Å²) >= 11 is 1.56. The Balaban J connectivity index is 1.84. The quantitative estimate of drug-likeness (QED) is 0.790. The van der Waals surface area contributed by atoms with Gasteiger partial charge in [-0.1, -0.05) is 12.1 Å². The highest BCUT2D eigenvalue weighted by molar-refractivity contribution is 7.14. The van der Waals surface area contributed by atoms with Crippen LogP contribution in [-0.2, 0) is 0 Å². The third-order valence-electron chi connectivity index (χ3n) is 3.11. The van der Waals surface area contributed by atoms with Gasteiger partial charge in [0.25, 0.3) is 0 Å². The van der Waals surface area contributed by atoms with Crippen LogP contribution in [0.2, 0.25) is 0 Å². The van der Waals surface area contributed by atoms with E-state index in [4.69, 9.17) is 0 Å². The zero-order chi connectivity index (χ0) is 13.9. The van der Waals surface area contributed by atoms with E-state index in [1.165, 1.54) is 11.1 Å². The van der Waals surface area contributed by atoms with Crippen molar-refractivity contribution in [3.05, 3.63) is 53.3 Å².